The van der Waals surface area contributed by atoms with E-state index in [1.54, 1.807) is 6.26 Å². The lowest BCUT2D eigenvalue weighted by Crippen LogP contribution is -2.56. The highest BCUT2D eigenvalue weighted by atomic mass is 16.7. The van der Waals surface area contributed by atoms with E-state index in [4.69, 9.17) is 14.0 Å². The molecule has 0 bridgehead atoms. The van der Waals surface area contributed by atoms with Crippen LogP contribution in [-0.2, 0) is 25.7 Å². The summed E-state index contributed by atoms with van der Waals surface area (Å²) in [6.07, 6.45) is 3.16. The van der Waals surface area contributed by atoms with Crippen LogP contribution in [0.1, 0.15) is 25.0 Å². The van der Waals surface area contributed by atoms with E-state index in [1.165, 1.54) is 19.3 Å². The number of methoxy groups -OCH3 is 1. The Morgan fingerprint density at radius 2 is 2.13 bits per heavy atom. The molecule has 0 radical (unpaired) electrons. The molecule has 2 saturated heterocycles. The molecule has 1 spiro atoms. The molecule has 0 saturated carbocycles. The van der Waals surface area contributed by atoms with Gasteiger partial charge in [-0.2, -0.15) is 0 Å². The molecule has 3 rings (SSSR count). The number of nitrogens with zero attached hydrogens (tertiary/aromatic N) is 2. The van der Waals surface area contributed by atoms with Crippen molar-refractivity contribution in [1.29, 1.82) is 0 Å². The Morgan fingerprint density at radius 1 is 1.39 bits per heavy atom. The maximum Gasteiger partial charge on any atom is 0.311 e. The van der Waals surface area contributed by atoms with Crippen LogP contribution in [0.3, 0.4) is 0 Å². The first kappa shape index (κ1) is 16.0. The second kappa shape index (κ2) is 6.33. The Balaban J connectivity index is 1.74. The molecule has 7 nitrogen and oxygen atoms in total. The van der Waals surface area contributed by atoms with Crippen LogP contribution in [0.2, 0.25) is 0 Å². The predicted molar refractivity (Wildman–Crippen MR) is 79.9 cm³/mol. The number of rotatable bonds is 4. The number of esters is 1. The van der Waals surface area contributed by atoms with E-state index >= 15 is 0 Å². The Morgan fingerprint density at radius 3 is 2.70 bits per heavy atom. The first-order chi connectivity index (χ1) is 11.1. The smallest absolute Gasteiger partial charge is 0.311 e. The van der Waals surface area contributed by atoms with Gasteiger partial charge < -0.3 is 9.15 Å². The zero-order valence-electron chi connectivity index (χ0n) is 13.5. The number of carbonyl (C=O) groups excluding carboxylic acids is 2. The number of piperidine rings is 1. The van der Waals surface area contributed by atoms with Crippen LogP contribution in [0.15, 0.2) is 22.8 Å². The highest BCUT2D eigenvalue weighted by Crippen LogP contribution is 2.44. The highest BCUT2D eigenvalue weighted by molar-refractivity contribution is 5.88. The van der Waals surface area contributed by atoms with Crippen LogP contribution in [-0.4, -0.2) is 54.7 Å². The lowest BCUT2D eigenvalue weighted by Gasteiger charge is -2.45. The van der Waals surface area contributed by atoms with E-state index in [0.717, 1.165) is 25.4 Å². The van der Waals surface area contributed by atoms with Gasteiger partial charge in [0.2, 0.25) is 5.91 Å². The Bertz CT molecular complexity index is 561. The van der Waals surface area contributed by atoms with E-state index in [-0.39, 0.29) is 18.3 Å². The Kier molecular flexibility index (Phi) is 4.41. The molecular weight excluding hydrogens is 300 g/mol. The van der Waals surface area contributed by atoms with Crippen LogP contribution in [0.4, 0.5) is 0 Å². The predicted octanol–water partition coefficient (Wildman–Crippen LogP) is 1.20. The molecule has 23 heavy (non-hydrogen) atoms. The molecule has 1 atom stereocenters. The van der Waals surface area contributed by atoms with Gasteiger partial charge in [-0.15, -0.1) is 0 Å². The van der Waals surface area contributed by atoms with E-state index in [0.29, 0.717) is 12.8 Å². The monoisotopic (exact) mass is 322 g/mol. The van der Waals surface area contributed by atoms with E-state index in [9.17, 15) is 9.59 Å². The minimum absolute atomic E-state index is 0.151. The van der Waals surface area contributed by atoms with Crippen molar-refractivity contribution in [3.63, 3.8) is 0 Å². The summed E-state index contributed by atoms with van der Waals surface area (Å²) in [6.45, 7) is 2.26. The van der Waals surface area contributed by atoms with Crippen LogP contribution in [0, 0.1) is 5.92 Å². The quantitative estimate of drug-likeness (QED) is 0.776. The van der Waals surface area contributed by atoms with Gasteiger partial charge in [0.15, 0.2) is 0 Å². The van der Waals surface area contributed by atoms with Gasteiger partial charge in [0, 0.05) is 19.5 Å². The molecular formula is C16H22N2O5. The van der Waals surface area contributed by atoms with Crippen molar-refractivity contribution >= 4 is 11.9 Å². The molecule has 0 N–H and O–H groups in total. The fourth-order valence-corrected chi connectivity index (χ4v) is 3.84. The lowest BCUT2D eigenvalue weighted by molar-refractivity contribution is -0.210. The lowest BCUT2D eigenvalue weighted by atomic mass is 9.77. The molecule has 0 aromatic carbocycles. The largest absolute Gasteiger partial charge is 0.469 e. The number of furan rings is 1. The van der Waals surface area contributed by atoms with Crippen LogP contribution in [0.25, 0.3) is 0 Å². The molecule has 2 fully saturated rings. The summed E-state index contributed by atoms with van der Waals surface area (Å²) in [5.41, 5.74) is -0.599. The molecule has 1 aromatic rings. The summed E-state index contributed by atoms with van der Waals surface area (Å²) in [4.78, 5) is 31.9. The van der Waals surface area contributed by atoms with Gasteiger partial charge in [0.05, 0.1) is 38.5 Å². The minimum Gasteiger partial charge on any atom is -0.469 e. The van der Waals surface area contributed by atoms with Gasteiger partial charge in [-0.1, -0.05) is 0 Å². The third-order valence-corrected chi connectivity index (χ3v) is 5.01. The Labute approximate surface area is 135 Å². The first-order valence-electron chi connectivity index (χ1n) is 7.80. The van der Waals surface area contributed by atoms with Crippen LogP contribution in [0.5, 0.6) is 0 Å². The summed E-state index contributed by atoms with van der Waals surface area (Å²) in [7, 11) is 2.84. The van der Waals surface area contributed by atoms with Gasteiger partial charge in [-0.25, -0.2) is 5.06 Å². The third-order valence-electron chi connectivity index (χ3n) is 5.01. The number of ether oxygens (including phenoxy) is 1. The second-order valence-electron chi connectivity index (χ2n) is 6.11. The SMILES string of the molecule is COC(=O)C1CC(=O)N(OC)C12CCN(Cc1ccco1)CC2. The summed E-state index contributed by atoms with van der Waals surface area (Å²) in [5.74, 6) is -0.0398. The van der Waals surface area contributed by atoms with Gasteiger partial charge in [-0.3, -0.25) is 19.3 Å². The standard InChI is InChI=1S/C16H22N2O5/c1-21-15(20)13-10-14(19)18(22-2)16(13)5-7-17(8-6-16)11-12-4-3-9-23-12/h3-4,9,13H,5-8,10-11H2,1-2H3. The maximum absolute atomic E-state index is 12.2. The molecule has 0 aliphatic carbocycles. The van der Waals surface area contributed by atoms with Crippen molar-refractivity contribution in [1.82, 2.24) is 9.96 Å². The summed E-state index contributed by atoms with van der Waals surface area (Å²) >= 11 is 0. The average molecular weight is 322 g/mol. The zero-order valence-corrected chi connectivity index (χ0v) is 13.5. The zero-order chi connectivity index (χ0) is 16.4. The number of likely N-dealkylation sites (tertiary alicyclic amines) is 1. The summed E-state index contributed by atoms with van der Waals surface area (Å²) in [5, 5.41) is 1.40. The number of hydrogen-bond donors (Lipinski definition) is 0. The van der Waals surface area contributed by atoms with Gasteiger partial charge in [0.25, 0.3) is 0 Å². The molecule has 126 valence electrons. The third kappa shape index (κ3) is 2.74. The number of amides is 1. The van der Waals surface area contributed by atoms with Crippen molar-refractivity contribution in [3.8, 4) is 0 Å². The first-order valence-corrected chi connectivity index (χ1v) is 7.80. The highest BCUT2D eigenvalue weighted by Gasteiger charge is 2.58. The van der Waals surface area contributed by atoms with Crippen molar-refractivity contribution in [2.24, 2.45) is 5.92 Å². The fourth-order valence-electron chi connectivity index (χ4n) is 3.84. The number of hydrogen-bond acceptors (Lipinski definition) is 6. The molecule has 2 aliphatic heterocycles. The minimum atomic E-state index is -0.599. The maximum atomic E-state index is 12.2. The molecule has 1 amide bonds. The average Bonchev–Trinajstić information content (AvgIpc) is 3.15. The molecule has 3 heterocycles. The van der Waals surface area contributed by atoms with Crippen molar-refractivity contribution in [3.05, 3.63) is 24.2 Å². The van der Waals surface area contributed by atoms with E-state index in [1.807, 2.05) is 12.1 Å². The van der Waals surface area contributed by atoms with E-state index < -0.39 is 11.5 Å². The summed E-state index contributed by atoms with van der Waals surface area (Å²) in [6, 6.07) is 3.82. The summed E-state index contributed by atoms with van der Waals surface area (Å²) < 4.78 is 10.3. The van der Waals surface area contributed by atoms with Gasteiger partial charge in [-0.05, 0) is 25.0 Å². The molecule has 7 heteroatoms. The van der Waals surface area contributed by atoms with Crippen molar-refractivity contribution in [2.45, 2.75) is 31.3 Å². The second-order valence-corrected chi connectivity index (χ2v) is 6.11. The fraction of sp³-hybridized carbons (Fsp3) is 0.625. The molecule has 2 aliphatic rings. The number of hydroxylamine groups is 2. The van der Waals surface area contributed by atoms with E-state index in [2.05, 4.69) is 4.90 Å². The number of carbonyl (C=O) groups is 2. The van der Waals surface area contributed by atoms with Crippen molar-refractivity contribution in [2.75, 3.05) is 27.3 Å². The van der Waals surface area contributed by atoms with Crippen molar-refractivity contribution < 1.29 is 23.6 Å². The van der Waals surface area contributed by atoms with Gasteiger partial charge >= 0.3 is 5.97 Å². The Hall–Kier alpha value is -1.86. The van der Waals surface area contributed by atoms with Crippen LogP contribution >= 0.6 is 0 Å². The molecule has 1 aromatic heterocycles. The van der Waals surface area contributed by atoms with Crippen LogP contribution < -0.4 is 0 Å². The topological polar surface area (TPSA) is 72.2 Å². The normalized spacial score (nSPS) is 24.3. The molecule has 1 unspecified atom stereocenters. The van der Waals surface area contributed by atoms with Gasteiger partial charge in [0.1, 0.15) is 5.76 Å².